The quantitative estimate of drug-likeness (QED) is 0.331. The number of benzene rings is 2. The van der Waals surface area contributed by atoms with Gasteiger partial charge in [0.05, 0.1) is 22.4 Å². The van der Waals surface area contributed by atoms with Crippen LogP contribution in [-0.4, -0.2) is 32.5 Å². The van der Waals surface area contributed by atoms with Gasteiger partial charge in [0.2, 0.25) is 0 Å². The van der Waals surface area contributed by atoms with E-state index in [-0.39, 0.29) is 0 Å². The number of hydrogen-bond acceptors (Lipinski definition) is 4. The Morgan fingerprint density at radius 3 is 1.31 bits per heavy atom. The summed E-state index contributed by atoms with van der Waals surface area (Å²) >= 11 is 0. The van der Waals surface area contributed by atoms with Crippen molar-refractivity contribution in [2.24, 2.45) is 0 Å². The minimum atomic E-state index is -0.669. The van der Waals surface area contributed by atoms with Gasteiger partial charge in [-0.25, -0.2) is 18.7 Å². The second-order valence-corrected chi connectivity index (χ2v) is 9.81. The van der Waals surface area contributed by atoms with Crippen LogP contribution in [0.25, 0.3) is 33.2 Å². The van der Waals surface area contributed by atoms with Crippen molar-refractivity contribution in [3.8, 4) is 11.4 Å². The monoisotopic (exact) mass is 432 g/mol. The molecule has 0 saturated heterocycles. The molecular formula is C26H28N2O4. The lowest BCUT2D eigenvalue weighted by Crippen LogP contribution is -2.29. The molecular weight excluding hydrogens is 404 g/mol. The molecule has 4 rings (SSSR count). The van der Waals surface area contributed by atoms with Crippen molar-refractivity contribution in [1.29, 1.82) is 0 Å². The Kier molecular flexibility index (Phi) is 5.12. The fraction of sp³-hybridized carbons (Fsp3) is 0.308. The molecule has 166 valence electrons. The van der Waals surface area contributed by atoms with Gasteiger partial charge in [-0.3, -0.25) is 0 Å². The van der Waals surface area contributed by atoms with Gasteiger partial charge in [-0.15, -0.1) is 0 Å². The number of fused-ring (bicyclic) bond motifs is 2. The van der Waals surface area contributed by atoms with Gasteiger partial charge in [0.25, 0.3) is 0 Å². The normalized spacial score (nSPS) is 12.3. The number of para-hydroxylation sites is 2. The molecule has 2 aromatic heterocycles. The SMILES string of the molecule is CC(C)(C)OC(=O)n1c(-c2cc3ccccc3n2C(=O)OC(C)(C)C)cc2ccccc21. The van der Waals surface area contributed by atoms with Gasteiger partial charge in [-0.05, 0) is 65.8 Å². The zero-order valence-corrected chi connectivity index (χ0v) is 19.3. The summed E-state index contributed by atoms with van der Waals surface area (Å²) in [7, 11) is 0. The van der Waals surface area contributed by atoms with E-state index in [1.165, 1.54) is 9.13 Å². The fourth-order valence-electron chi connectivity index (χ4n) is 3.70. The van der Waals surface area contributed by atoms with Crippen molar-refractivity contribution in [3.05, 3.63) is 60.7 Å². The van der Waals surface area contributed by atoms with Crippen molar-refractivity contribution in [1.82, 2.24) is 9.13 Å². The Bertz CT molecular complexity index is 1230. The first-order valence-corrected chi connectivity index (χ1v) is 10.6. The van der Waals surface area contributed by atoms with Crippen molar-refractivity contribution < 1.29 is 19.1 Å². The Hall–Kier alpha value is -3.54. The van der Waals surface area contributed by atoms with Crippen molar-refractivity contribution in [2.75, 3.05) is 0 Å². The Morgan fingerprint density at radius 2 is 0.969 bits per heavy atom. The number of ether oxygens (including phenoxy) is 2. The summed E-state index contributed by atoms with van der Waals surface area (Å²) in [6, 6.07) is 19.0. The number of carbonyl (C=O) groups is 2. The van der Waals surface area contributed by atoms with Crippen LogP contribution in [0.1, 0.15) is 41.5 Å². The molecule has 6 heteroatoms. The molecule has 0 aliphatic carbocycles. The standard InChI is InChI=1S/C26H28N2O4/c1-25(2,3)31-23(29)27-19-13-9-7-11-17(19)15-21(27)22-16-18-12-8-10-14-20(18)28(22)24(30)32-26(4,5)6/h7-16H,1-6H3. The number of nitrogens with zero attached hydrogens (tertiary/aromatic N) is 2. The van der Waals surface area contributed by atoms with E-state index in [9.17, 15) is 9.59 Å². The molecule has 0 aliphatic heterocycles. The van der Waals surface area contributed by atoms with E-state index in [0.29, 0.717) is 22.4 Å². The third-order valence-electron chi connectivity index (χ3n) is 4.84. The highest BCUT2D eigenvalue weighted by Crippen LogP contribution is 2.34. The molecule has 0 radical (unpaired) electrons. The number of carbonyl (C=O) groups excluding carboxylic acids is 2. The zero-order chi connectivity index (χ0) is 23.3. The van der Waals surface area contributed by atoms with E-state index in [2.05, 4.69) is 0 Å². The first-order valence-electron chi connectivity index (χ1n) is 10.6. The van der Waals surface area contributed by atoms with Gasteiger partial charge < -0.3 is 9.47 Å². The summed E-state index contributed by atoms with van der Waals surface area (Å²) in [4.78, 5) is 26.5. The average Bonchev–Trinajstić information content (AvgIpc) is 3.23. The Morgan fingerprint density at radius 1 is 0.625 bits per heavy atom. The summed E-state index contributed by atoms with van der Waals surface area (Å²) < 4.78 is 14.5. The van der Waals surface area contributed by atoms with Crippen LogP contribution < -0.4 is 0 Å². The lowest BCUT2D eigenvalue weighted by molar-refractivity contribution is 0.0527. The summed E-state index contributed by atoms with van der Waals surface area (Å²) in [6.45, 7) is 11.0. The molecule has 0 fully saturated rings. The van der Waals surface area contributed by atoms with E-state index < -0.39 is 23.4 Å². The Balaban J connectivity index is 2.00. The molecule has 0 spiro atoms. The number of hydrogen-bond donors (Lipinski definition) is 0. The maximum Gasteiger partial charge on any atom is 0.419 e. The van der Waals surface area contributed by atoms with Crippen molar-refractivity contribution in [2.45, 2.75) is 52.7 Å². The number of aromatic nitrogens is 2. The van der Waals surface area contributed by atoms with E-state index in [1.807, 2.05) is 102 Å². The van der Waals surface area contributed by atoms with Crippen molar-refractivity contribution in [3.63, 3.8) is 0 Å². The highest BCUT2D eigenvalue weighted by molar-refractivity contribution is 6.01. The minimum absolute atomic E-state index is 0.505. The molecule has 0 saturated carbocycles. The second kappa shape index (κ2) is 7.55. The van der Waals surface area contributed by atoms with E-state index in [1.54, 1.807) is 0 Å². The van der Waals surface area contributed by atoms with Gasteiger partial charge >= 0.3 is 12.2 Å². The molecule has 0 amide bonds. The van der Waals surface area contributed by atoms with Gasteiger partial charge in [0, 0.05) is 10.8 Å². The molecule has 0 N–H and O–H groups in total. The smallest absolute Gasteiger partial charge is 0.419 e. The first kappa shape index (κ1) is 21.7. The fourth-order valence-corrected chi connectivity index (χ4v) is 3.70. The topological polar surface area (TPSA) is 62.5 Å². The molecule has 4 aromatic rings. The van der Waals surface area contributed by atoms with Gasteiger partial charge in [-0.2, -0.15) is 0 Å². The van der Waals surface area contributed by atoms with E-state index in [4.69, 9.17) is 9.47 Å². The predicted molar refractivity (Wildman–Crippen MR) is 126 cm³/mol. The van der Waals surface area contributed by atoms with Crippen LogP contribution in [0.5, 0.6) is 0 Å². The van der Waals surface area contributed by atoms with Gasteiger partial charge in [0.15, 0.2) is 0 Å². The molecule has 32 heavy (non-hydrogen) atoms. The number of rotatable bonds is 1. The average molecular weight is 433 g/mol. The summed E-state index contributed by atoms with van der Waals surface area (Å²) in [6.07, 6.45) is -1.01. The third-order valence-corrected chi connectivity index (χ3v) is 4.84. The van der Waals surface area contributed by atoms with Crippen LogP contribution in [0.3, 0.4) is 0 Å². The summed E-state index contributed by atoms with van der Waals surface area (Å²) in [5.74, 6) is 0. The summed E-state index contributed by atoms with van der Waals surface area (Å²) in [5.41, 5.74) is 1.19. The predicted octanol–water partition coefficient (Wildman–Crippen LogP) is 6.83. The lowest BCUT2D eigenvalue weighted by atomic mass is 10.2. The lowest BCUT2D eigenvalue weighted by Gasteiger charge is -2.22. The van der Waals surface area contributed by atoms with Crippen LogP contribution in [0.15, 0.2) is 60.7 Å². The van der Waals surface area contributed by atoms with E-state index >= 15 is 0 Å². The van der Waals surface area contributed by atoms with E-state index in [0.717, 1.165) is 10.8 Å². The molecule has 6 nitrogen and oxygen atoms in total. The molecule has 2 heterocycles. The Labute approximate surface area is 187 Å². The van der Waals surface area contributed by atoms with Crippen molar-refractivity contribution >= 4 is 34.0 Å². The first-order chi connectivity index (χ1) is 14.9. The zero-order valence-electron chi connectivity index (χ0n) is 19.3. The van der Waals surface area contributed by atoms with Crippen LogP contribution in [0, 0.1) is 0 Å². The van der Waals surface area contributed by atoms with Crippen LogP contribution in [0.4, 0.5) is 9.59 Å². The molecule has 2 aromatic carbocycles. The van der Waals surface area contributed by atoms with Gasteiger partial charge in [-0.1, -0.05) is 36.4 Å². The van der Waals surface area contributed by atoms with Crippen LogP contribution in [0.2, 0.25) is 0 Å². The highest BCUT2D eigenvalue weighted by Gasteiger charge is 2.28. The second-order valence-electron chi connectivity index (χ2n) is 9.81. The maximum absolute atomic E-state index is 13.3. The molecule has 0 unspecified atom stereocenters. The van der Waals surface area contributed by atoms with Crippen LogP contribution in [-0.2, 0) is 9.47 Å². The minimum Gasteiger partial charge on any atom is -0.443 e. The summed E-state index contributed by atoms with van der Waals surface area (Å²) in [5, 5.41) is 1.74. The maximum atomic E-state index is 13.3. The highest BCUT2D eigenvalue weighted by atomic mass is 16.6. The molecule has 0 bridgehead atoms. The van der Waals surface area contributed by atoms with Crippen LogP contribution >= 0.6 is 0 Å². The molecule has 0 atom stereocenters. The molecule has 0 aliphatic rings. The third kappa shape index (κ3) is 4.13. The van der Waals surface area contributed by atoms with Gasteiger partial charge in [0.1, 0.15) is 11.2 Å². The largest absolute Gasteiger partial charge is 0.443 e.